The Morgan fingerprint density at radius 1 is 1.43 bits per heavy atom. The molecule has 0 fully saturated rings. The molecule has 0 aliphatic heterocycles. The van der Waals surface area contributed by atoms with E-state index in [1.165, 1.54) is 19.2 Å². The van der Waals surface area contributed by atoms with E-state index in [0.29, 0.717) is 0 Å². The summed E-state index contributed by atoms with van der Waals surface area (Å²) in [7, 11) is 2.40. The number of nitro groups is 1. The van der Waals surface area contributed by atoms with Gasteiger partial charge in [-0.05, 0) is 6.07 Å². The number of nitro benzene ring substituents is 1. The standard InChI is InChI=1S/C12H14N2O7/c1-20-10-4-3-7(14(18)19)5-8(10)11(16)13-6-9(15)12(17)21-2/h3-5,9,15H,6H2,1-2H3,(H,13,16). The Morgan fingerprint density at radius 3 is 2.62 bits per heavy atom. The number of amides is 1. The van der Waals surface area contributed by atoms with E-state index in [-0.39, 0.29) is 17.0 Å². The number of ether oxygens (including phenoxy) is 2. The fourth-order valence-corrected chi connectivity index (χ4v) is 1.49. The normalized spacial score (nSPS) is 11.4. The van der Waals surface area contributed by atoms with Gasteiger partial charge in [0.1, 0.15) is 5.75 Å². The Morgan fingerprint density at radius 2 is 2.10 bits per heavy atom. The van der Waals surface area contributed by atoms with E-state index in [4.69, 9.17) is 4.74 Å². The van der Waals surface area contributed by atoms with Crippen molar-refractivity contribution in [2.45, 2.75) is 6.10 Å². The first kappa shape index (κ1) is 16.4. The molecule has 0 radical (unpaired) electrons. The van der Waals surface area contributed by atoms with Crippen molar-refractivity contribution in [1.82, 2.24) is 5.32 Å². The van der Waals surface area contributed by atoms with E-state index in [1.807, 2.05) is 0 Å². The number of non-ortho nitro benzene ring substituents is 1. The first-order chi connectivity index (χ1) is 9.90. The first-order valence-electron chi connectivity index (χ1n) is 5.77. The Kier molecular flexibility index (Phi) is 5.61. The molecule has 1 aromatic rings. The minimum atomic E-state index is -1.52. The van der Waals surface area contributed by atoms with Gasteiger partial charge in [0, 0.05) is 12.1 Å². The molecule has 9 nitrogen and oxygen atoms in total. The largest absolute Gasteiger partial charge is 0.496 e. The molecule has 0 aliphatic carbocycles. The van der Waals surface area contributed by atoms with Crippen LogP contribution in [0, 0.1) is 10.1 Å². The molecule has 1 amide bonds. The van der Waals surface area contributed by atoms with Gasteiger partial charge in [-0.3, -0.25) is 14.9 Å². The van der Waals surface area contributed by atoms with Crippen LogP contribution in [-0.4, -0.2) is 48.8 Å². The molecule has 0 spiro atoms. The van der Waals surface area contributed by atoms with E-state index in [0.717, 1.165) is 13.2 Å². The van der Waals surface area contributed by atoms with Crippen LogP contribution in [0.25, 0.3) is 0 Å². The maximum atomic E-state index is 11.9. The number of carbonyl (C=O) groups excluding carboxylic acids is 2. The number of nitrogens with zero attached hydrogens (tertiary/aromatic N) is 1. The average Bonchev–Trinajstić information content (AvgIpc) is 2.50. The topological polar surface area (TPSA) is 128 Å². The van der Waals surface area contributed by atoms with Gasteiger partial charge in [0.25, 0.3) is 11.6 Å². The molecule has 0 heterocycles. The van der Waals surface area contributed by atoms with Gasteiger partial charge in [-0.2, -0.15) is 0 Å². The van der Waals surface area contributed by atoms with Crippen LogP contribution in [0.3, 0.4) is 0 Å². The number of hydrogen-bond acceptors (Lipinski definition) is 7. The summed E-state index contributed by atoms with van der Waals surface area (Å²) in [4.78, 5) is 33.0. The van der Waals surface area contributed by atoms with Crippen molar-refractivity contribution in [3.63, 3.8) is 0 Å². The number of rotatable bonds is 6. The highest BCUT2D eigenvalue weighted by Crippen LogP contribution is 2.23. The summed E-state index contributed by atoms with van der Waals surface area (Å²) in [5.74, 6) is -1.49. The lowest BCUT2D eigenvalue weighted by Gasteiger charge is -2.11. The summed E-state index contributed by atoms with van der Waals surface area (Å²) < 4.78 is 9.23. The Hall–Kier alpha value is -2.68. The van der Waals surface area contributed by atoms with E-state index in [1.54, 1.807) is 0 Å². The molecule has 114 valence electrons. The zero-order valence-electron chi connectivity index (χ0n) is 11.4. The maximum Gasteiger partial charge on any atom is 0.336 e. The highest BCUT2D eigenvalue weighted by Gasteiger charge is 2.20. The fourth-order valence-electron chi connectivity index (χ4n) is 1.49. The molecule has 1 atom stereocenters. The summed E-state index contributed by atoms with van der Waals surface area (Å²) in [5, 5.41) is 22.3. The number of carbonyl (C=O) groups is 2. The highest BCUT2D eigenvalue weighted by atomic mass is 16.6. The Bertz CT molecular complexity index is 559. The number of esters is 1. The molecule has 1 unspecified atom stereocenters. The molecule has 9 heteroatoms. The third kappa shape index (κ3) is 4.14. The second-order valence-corrected chi connectivity index (χ2v) is 3.89. The maximum absolute atomic E-state index is 11.9. The lowest BCUT2D eigenvalue weighted by Crippen LogP contribution is -2.37. The molecule has 0 aliphatic rings. The van der Waals surface area contributed by atoms with Crippen molar-refractivity contribution < 1.29 is 29.1 Å². The van der Waals surface area contributed by atoms with Crippen LogP contribution in [-0.2, 0) is 9.53 Å². The molecule has 1 rings (SSSR count). The predicted molar refractivity (Wildman–Crippen MR) is 70.0 cm³/mol. The van der Waals surface area contributed by atoms with Crippen LogP contribution in [0.4, 0.5) is 5.69 Å². The van der Waals surface area contributed by atoms with Crippen LogP contribution < -0.4 is 10.1 Å². The van der Waals surface area contributed by atoms with Crippen LogP contribution in [0.2, 0.25) is 0 Å². The second-order valence-electron chi connectivity index (χ2n) is 3.89. The van der Waals surface area contributed by atoms with E-state index in [9.17, 15) is 24.8 Å². The number of aliphatic hydroxyl groups is 1. The average molecular weight is 298 g/mol. The van der Waals surface area contributed by atoms with Crippen molar-refractivity contribution in [3.05, 3.63) is 33.9 Å². The van der Waals surface area contributed by atoms with Gasteiger partial charge in [0.05, 0.1) is 31.3 Å². The molecule has 0 bridgehead atoms. The van der Waals surface area contributed by atoms with Crippen molar-refractivity contribution >= 4 is 17.6 Å². The molecule has 21 heavy (non-hydrogen) atoms. The van der Waals surface area contributed by atoms with Gasteiger partial charge >= 0.3 is 5.97 Å². The van der Waals surface area contributed by atoms with Crippen LogP contribution in [0.1, 0.15) is 10.4 Å². The molecular weight excluding hydrogens is 284 g/mol. The molecule has 0 saturated heterocycles. The van der Waals surface area contributed by atoms with Crippen LogP contribution >= 0.6 is 0 Å². The van der Waals surface area contributed by atoms with Crippen molar-refractivity contribution in [2.24, 2.45) is 0 Å². The number of hydrogen-bond donors (Lipinski definition) is 2. The Balaban J connectivity index is 2.88. The summed E-state index contributed by atoms with van der Waals surface area (Å²) in [6.45, 7) is -0.392. The third-order valence-corrected chi connectivity index (χ3v) is 2.57. The first-order valence-corrected chi connectivity index (χ1v) is 5.77. The predicted octanol–water partition coefficient (Wildman–Crippen LogP) is -0.133. The van der Waals surface area contributed by atoms with E-state index < -0.39 is 29.4 Å². The summed E-state index contributed by atoms with van der Waals surface area (Å²) >= 11 is 0. The molecule has 0 aromatic heterocycles. The zero-order valence-corrected chi connectivity index (χ0v) is 11.4. The van der Waals surface area contributed by atoms with Gasteiger partial charge in [0.2, 0.25) is 0 Å². The van der Waals surface area contributed by atoms with Gasteiger partial charge in [-0.25, -0.2) is 4.79 Å². The van der Waals surface area contributed by atoms with Gasteiger partial charge in [-0.15, -0.1) is 0 Å². The Labute approximate surface area is 119 Å². The zero-order chi connectivity index (χ0) is 16.0. The summed E-state index contributed by atoms with van der Waals surface area (Å²) in [6, 6.07) is 3.52. The van der Waals surface area contributed by atoms with Crippen molar-refractivity contribution in [1.29, 1.82) is 0 Å². The third-order valence-electron chi connectivity index (χ3n) is 2.57. The minimum Gasteiger partial charge on any atom is -0.496 e. The summed E-state index contributed by atoms with van der Waals surface area (Å²) in [5.41, 5.74) is -0.363. The lowest BCUT2D eigenvalue weighted by molar-refractivity contribution is -0.384. The monoisotopic (exact) mass is 298 g/mol. The van der Waals surface area contributed by atoms with E-state index in [2.05, 4.69) is 10.1 Å². The lowest BCUT2D eigenvalue weighted by atomic mass is 10.1. The van der Waals surface area contributed by atoms with Gasteiger partial charge in [0.15, 0.2) is 6.10 Å². The second kappa shape index (κ2) is 7.20. The molecule has 0 saturated carbocycles. The van der Waals surface area contributed by atoms with Crippen LogP contribution in [0.15, 0.2) is 18.2 Å². The van der Waals surface area contributed by atoms with Gasteiger partial charge < -0.3 is 19.9 Å². The molecular formula is C12H14N2O7. The number of nitrogens with one attached hydrogen (secondary N) is 1. The number of methoxy groups -OCH3 is 2. The van der Waals surface area contributed by atoms with Crippen molar-refractivity contribution in [3.8, 4) is 5.75 Å². The highest BCUT2D eigenvalue weighted by molar-refractivity contribution is 5.97. The smallest absolute Gasteiger partial charge is 0.336 e. The van der Waals surface area contributed by atoms with Gasteiger partial charge in [-0.1, -0.05) is 0 Å². The SMILES string of the molecule is COC(=O)C(O)CNC(=O)c1cc([N+](=O)[O-])ccc1OC. The van der Waals surface area contributed by atoms with Crippen molar-refractivity contribution in [2.75, 3.05) is 20.8 Å². The fraction of sp³-hybridized carbons (Fsp3) is 0.333. The van der Waals surface area contributed by atoms with E-state index >= 15 is 0 Å². The molecule has 2 N–H and O–H groups in total. The molecule has 1 aromatic carbocycles. The summed E-state index contributed by atoms with van der Waals surface area (Å²) in [6.07, 6.45) is -1.52. The van der Waals surface area contributed by atoms with Crippen LogP contribution in [0.5, 0.6) is 5.75 Å². The minimum absolute atomic E-state index is 0.0798. The number of benzene rings is 1. The number of aliphatic hydroxyl groups excluding tert-OH is 1. The quantitative estimate of drug-likeness (QED) is 0.425.